The van der Waals surface area contributed by atoms with Crippen molar-refractivity contribution in [1.29, 1.82) is 0 Å². The molecule has 158 valence electrons. The Labute approximate surface area is 173 Å². The van der Waals surface area contributed by atoms with Gasteiger partial charge in [-0.15, -0.1) is 12.4 Å². The van der Waals surface area contributed by atoms with Gasteiger partial charge in [0.15, 0.2) is 0 Å². The minimum absolute atomic E-state index is 0. The van der Waals surface area contributed by atoms with Crippen LogP contribution in [0.25, 0.3) is 0 Å². The highest BCUT2D eigenvalue weighted by Crippen LogP contribution is 2.27. The monoisotopic (exact) mass is 431 g/mol. The van der Waals surface area contributed by atoms with E-state index in [0.717, 1.165) is 24.2 Å². The van der Waals surface area contributed by atoms with E-state index in [1.165, 1.54) is 4.31 Å². The van der Waals surface area contributed by atoms with Crippen LogP contribution in [0, 0.1) is 13.8 Å². The van der Waals surface area contributed by atoms with Gasteiger partial charge in [0.05, 0.1) is 4.90 Å². The molecule has 2 aliphatic heterocycles. The van der Waals surface area contributed by atoms with Crippen molar-refractivity contribution in [2.75, 3.05) is 46.4 Å². The molecule has 9 heteroatoms. The number of nitrogens with zero attached hydrogens (tertiary/aromatic N) is 2. The molecule has 2 saturated heterocycles. The number of ether oxygens (including phenoxy) is 1. The number of rotatable bonds is 4. The number of amides is 1. The lowest BCUT2D eigenvalue weighted by Crippen LogP contribution is -2.59. The highest BCUT2D eigenvalue weighted by molar-refractivity contribution is 7.89. The number of sulfonamides is 1. The lowest BCUT2D eigenvalue weighted by atomic mass is 9.90. The fourth-order valence-corrected chi connectivity index (χ4v) is 5.29. The molecule has 2 heterocycles. The van der Waals surface area contributed by atoms with E-state index in [-0.39, 0.29) is 18.3 Å². The van der Waals surface area contributed by atoms with E-state index in [4.69, 9.17) is 4.74 Å². The molecule has 1 N–H and O–H groups in total. The fraction of sp³-hybridized carbons (Fsp3) is 0.632. The van der Waals surface area contributed by atoms with Gasteiger partial charge in [-0.05, 0) is 63.0 Å². The molecule has 1 aromatic rings. The molecular weight excluding hydrogens is 402 g/mol. The van der Waals surface area contributed by atoms with Crippen LogP contribution in [0.4, 0.5) is 0 Å². The van der Waals surface area contributed by atoms with Crippen LogP contribution in [0.15, 0.2) is 23.1 Å². The van der Waals surface area contributed by atoms with E-state index in [1.54, 1.807) is 24.1 Å². The summed E-state index contributed by atoms with van der Waals surface area (Å²) in [5.74, 6) is -0.0188. The van der Waals surface area contributed by atoms with E-state index in [2.05, 4.69) is 5.32 Å². The normalized spacial score (nSPS) is 20.5. The summed E-state index contributed by atoms with van der Waals surface area (Å²) in [5.41, 5.74) is 1.24. The van der Waals surface area contributed by atoms with Gasteiger partial charge in [-0.25, -0.2) is 8.42 Å². The van der Waals surface area contributed by atoms with Crippen molar-refractivity contribution in [3.8, 4) is 0 Å². The van der Waals surface area contributed by atoms with Crippen molar-refractivity contribution in [1.82, 2.24) is 14.5 Å². The first-order valence-electron chi connectivity index (χ1n) is 9.43. The van der Waals surface area contributed by atoms with Crippen molar-refractivity contribution < 1.29 is 17.9 Å². The number of methoxy groups -OCH3 is 1. The Morgan fingerprint density at radius 2 is 1.68 bits per heavy atom. The Bertz CT molecular complexity index is 801. The third kappa shape index (κ3) is 4.36. The standard InChI is InChI=1S/C19H29N3O4S.ClH/c1-15-4-5-17(14-16(15)2)27(24,25)22-12-10-21(11-13-22)18(23)19(26-3)6-8-20-9-7-19;/h4-5,14,20H,6-13H2,1-3H3;1H. The van der Waals surface area contributed by atoms with Crippen LogP contribution in [-0.2, 0) is 19.6 Å². The van der Waals surface area contributed by atoms with Gasteiger partial charge in [0, 0.05) is 33.3 Å². The molecule has 2 aliphatic rings. The molecule has 0 bridgehead atoms. The summed E-state index contributed by atoms with van der Waals surface area (Å²) in [6.07, 6.45) is 1.28. The van der Waals surface area contributed by atoms with Crippen molar-refractivity contribution in [2.24, 2.45) is 0 Å². The molecule has 7 nitrogen and oxygen atoms in total. The Balaban J connectivity index is 0.00000280. The number of aryl methyl sites for hydroxylation is 2. The van der Waals surface area contributed by atoms with Gasteiger partial charge < -0.3 is 15.0 Å². The summed E-state index contributed by atoms with van der Waals surface area (Å²) >= 11 is 0. The third-order valence-electron chi connectivity index (χ3n) is 5.83. The maximum absolute atomic E-state index is 13.0. The van der Waals surface area contributed by atoms with Crippen LogP contribution in [0.2, 0.25) is 0 Å². The summed E-state index contributed by atoms with van der Waals surface area (Å²) in [6.45, 7) is 6.76. The molecule has 0 aromatic heterocycles. The number of halogens is 1. The zero-order valence-electron chi connectivity index (χ0n) is 16.7. The van der Waals surface area contributed by atoms with Crippen LogP contribution in [0.1, 0.15) is 24.0 Å². The van der Waals surface area contributed by atoms with Crippen LogP contribution < -0.4 is 5.32 Å². The Morgan fingerprint density at radius 1 is 1.07 bits per heavy atom. The largest absolute Gasteiger partial charge is 0.368 e. The molecule has 0 spiro atoms. The molecule has 2 fully saturated rings. The molecule has 0 atom stereocenters. The van der Waals surface area contributed by atoms with Crippen LogP contribution in [-0.4, -0.2) is 75.5 Å². The third-order valence-corrected chi connectivity index (χ3v) is 7.73. The average molecular weight is 432 g/mol. The number of benzene rings is 1. The number of carbonyl (C=O) groups excluding carboxylic acids is 1. The van der Waals surface area contributed by atoms with E-state index in [1.807, 2.05) is 19.9 Å². The van der Waals surface area contributed by atoms with E-state index >= 15 is 0 Å². The molecule has 0 aliphatic carbocycles. The lowest BCUT2D eigenvalue weighted by molar-refractivity contribution is -0.159. The van der Waals surface area contributed by atoms with Crippen LogP contribution >= 0.6 is 12.4 Å². The topological polar surface area (TPSA) is 79.0 Å². The molecule has 1 amide bonds. The fourth-order valence-electron chi connectivity index (χ4n) is 3.78. The van der Waals surface area contributed by atoms with Gasteiger partial charge in [0.2, 0.25) is 10.0 Å². The number of carbonyl (C=O) groups is 1. The lowest BCUT2D eigenvalue weighted by Gasteiger charge is -2.41. The molecule has 0 radical (unpaired) electrons. The predicted molar refractivity (Wildman–Crippen MR) is 110 cm³/mol. The number of nitrogens with one attached hydrogen (secondary N) is 1. The van der Waals surface area contributed by atoms with Gasteiger partial charge >= 0.3 is 0 Å². The number of piperazine rings is 1. The summed E-state index contributed by atoms with van der Waals surface area (Å²) < 4.78 is 33.0. The minimum Gasteiger partial charge on any atom is -0.368 e. The highest BCUT2D eigenvalue weighted by Gasteiger charge is 2.43. The van der Waals surface area contributed by atoms with Crippen molar-refractivity contribution >= 4 is 28.3 Å². The van der Waals surface area contributed by atoms with E-state index in [0.29, 0.717) is 43.9 Å². The van der Waals surface area contributed by atoms with Crippen molar-refractivity contribution in [3.05, 3.63) is 29.3 Å². The second kappa shape index (κ2) is 9.09. The van der Waals surface area contributed by atoms with Crippen LogP contribution in [0.3, 0.4) is 0 Å². The Hall–Kier alpha value is -1.19. The Kier molecular flexibility index (Phi) is 7.50. The highest BCUT2D eigenvalue weighted by atomic mass is 35.5. The summed E-state index contributed by atoms with van der Waals surface area (Å²) in [4.78, 5) is 15.1. The molecule has 1 aromatic carbocycles. The zero-order valence-corrected chi connectivity index (χ0v) is 18.4. The van der Waals surface area contributed by atoms with Gasteiger partial charge in [-0.1, -0.05) is 6.07 Å². The molecule has 28 heavy (non-hydrogen) atoms. The van der Waals surface area contributed by atoms with Gasteiger partial charge in [-0.3, -0.25) is 4.79 Å². The summed E-state index contributed by atoms with van der Waals surface area (Å²) in [5, 5.41) is 3.25. The maximum Gasteiger partial charge on any atom is 0.254 e. The van der Waals surface area contributed by atoms with E-state index in [9.17, 15) is 13.2 Å². The first-order valence-corrected chi connectivity index (χ1v) is 10.9. The minimum atomic E-state index is -3.54. The first-order chi connectivity index (χ1) is 12.8. The maximum atomic E-state index is 13.0. The first kappa shape index (κ1) is 23.1. The van der Waals surface area contributed by atoms with Gasteiger partial charge in [0.25, 0.3) is 5.91 Å². The van der Waals surface area contributed by atoms with Gasteiger partial charge in [0.1, 0.15) is 5.60 Å². The second-order valence-electron chi connectivity index (χ2n) is 7.39. The smallest absolute Gasteiger partial charge is 0.254 e. The van der Waals surface area contributed by atoms with E-state index < -0.39 is 15.6 Å². The molecule has 0 unspecified atom stereocenters. The SMILES string of the molecule is COC1(C(=O)N2CCN(S(=O)(=O)c3ccc(C)c(C)c3)CC2)CCNCC1.Cl. The quantitative estimate of drug-likeness (QED) is 0.778. The molecule has 0 saturated carbocycles. The van der Waals surface area contributed by atoms with Crippen LogP contribution in [0.5, 0.6) is 0 Å². The molecule has 3 rings (SSSR count). The molecular formula is C19H30ClN3O4S. The predicted octanol–water partition coefficient (Wildman–Crippen LogP) is 1.33. The Morgan fingerprint density at radius 3 is 2.21 bits per heavy atom. The van der Waals surface area contributed by atoms with Crippen molar-refractivity contribution in [2.45, 2.75) is 37.2 Å². The van der Waals surface area contributed by atoms with Crippen molar-refractivity contribution in [3.63, 3.8) is 0 Å². The average Bonchev–Trinajstić information content (AvgIpc) is 2.70. The number of hydrogen-bond acceptors (Lipinski definition) is 5. The number of hydrogen-bond donors (Lipinski definition) is 1. The second-order valence-corrected chi connectivity index (χ2v) is 9.33. The summed E-state index contributed by atoms with van der Waals surface area (Å²) in [6, 6.07) is 5.21. The van der Waals surface area contributed by atoms with Gasteiger partial charge in [-0.2, -0.15) is 4.31 Å². The zero-order chi connectivity index (χ0) is 19.7. The number of piperidine rings is 1. The summed E-state index contributed by atoms with van der Waals surface area (Å²) in [7, 11) is -1.95.